The van der Waals surface area contributed by atoms with Gasteiger partial charge in [0.25, 0.3) is 0 Å². The number of amides is 2. The lowest BCUT2D eigenvalue weighted by Gasteiger charge is -2.15. The van der Waals surface area contributed by atoms with Gasteiger partial charge in [-0.05, 0) is 6.92 Å². The molecule has 1 saturated heterocycles. The van der Waals surface area contributed by atoms with Crippen molar-refractivity contribution in [1.82, 2.24) is 10.1 Å². The molecule has 1 fully saturated rings. The average Bonchev–Trinajstić information content (AvgIpc) is 2.26. The highest BCUT2D eigenvalue weighted by atomic mass is 16.7. The first-order valence-electron chi connectivity index (χ1n) is 3.39. The largest absolute Gasteiger partial charge is 0.368 e. The fourth-order valence-corrected chi connectivity index (χ4v) is 1.10. The molecule has 1 aliphatic rings. The Morgan fingerprint density at radius 1 is 1.45 bits per heavy atom. The van der Waals surface area contributed by atoms with Gasteiger partial charge in [0.15, 0.2) is 0 Å². The molecule has 64 valence electrons. The number of carbonyl (C=O) groups is 1. The van der Waals surface area contributed by atoms with E-state index in [1.807, 2.05) is 6.92 Å². The van der Waals surface area contributed by atoms with Gasteiger partial charge in [0.05, 0.1) is 26.8 Å². The normalized spacial score (nSPS) is 25.0. The van der Waals surface area contributed by atoms with E-state index >= 15 is 0 Å². The quantitative estimate of drug-likeness (QED) is 0.581. The van der Waals surface area contributed by atoms with Crippen molar-refractivity contribution >= 4 is 6.03 Å². The number of rotatable bonds is 2. The molecule has 0 aromatic heterocycles. The summed E-state index contributed by atoms with van der Waals surface area (Å²) in [5, 5.41) is 2.54. The fourth-order valence-electron chi connectivity index (χ4n) is 1.10. The summed E-state index contributed by atoms with van der Waals surface area (Å²) in [6.45, 7) is 2.43. The molecule has 5 heteroatoms. The second-order valence-electron chi connectivity index (χ2n) is 2.38. The van der Waals surface area contributed by atoms with Crippen LogP contribution in [0.25, 0.3) is 0 Å². The summed E-state index contributed by atoms with van der Waals surface area (Å²) in [6.07, 6.45) is 0. The molecule has 0 aromatic carbocycles. The van der Waals surface area contributed by atoms with Crippen LogP contribution in [-0.2, 0) is 9.68 Å². The second kappa shape index (κ2) is 3.06. The molecule has 1 heterocycles. The van der Waals surface area contributed by atoms with Gasteiger partial charge in [0.2, 0.25) is 0 Å². The first kappa shape index (κ1) is 8.29. The van der Waals surface area contributed by atoms with Crippen molar-refractivity contribution in [2.75, 3.05) is 20.8 Å². The zero-order valence-corrected chi connectivity index (χ0v) is 6.90. The maximum atomic E-state index is 11.2. The summed E-state index contributed by atoms with van der Waals surface area (Å²) in [7, 11) is 2.93. The van der Waals surface area contributed by atoms with Gasteiger partial charge in [-0.15, -0.1) is 0 Å². The van der Waals surface area contributed by atoms with E-state index in [4.69, 9.17) is 9.68 Å². The van der Waals surface area contributed by atoms with E-state index < -0.39 is 0 Å². The Labute approximate surface area is 65.4 Å². The minimum absolute atomic E-state index is 0.0486. The third-order valence-electron chi connectivity index (χ3n) is 1.65. The lowest BCUT2D eigenvalue weighted by atomic mass is 10.4. The Balaban J connectivity index is 2.63. The summed E-state index contributed by atoms with van der Waals surface area (Å²) < 4.78 is 0. The molecule has 0 radical (unpaired) electrons. The predicted octanol–water partition coefficient (Wildman–Crippen LogP) is 0.235. The van der Waals surface area contributed by atoms with Crippen molar-refractivity contribution in [2.45, 2.75) is 13.0 Å². The Hall–Kier alpha value is -0.810. The predicted molar refractivity (Wildman–Crippen MR) is 37.4 cm³/mol. The van der Waals surface area contributed by atoms with E-state index in [0.717, 1.165) is 0 Å². The van der Waals surface area contributed by atoms with Gasteiger partial charge in [-0.1, -0.05) is 0 Å². The van der Waals surface area contributed by atoms with Crippen LogP contribution in [0.4, 0.5) is 4.79 Å². The lowest BCUT2D eigenvalue weighted by Crippen LogP contribution is -2.32. The summed E-state index contributed by atoms with van der Waals surface area (Å²) in [5.41, 5.74) is 0. The van der Waals surface area contributed by atoms with E-state index in [1.54, 1.807) is 0 Å². The highest BCUT2D eigenvalue weighted by Crippen LogP contribution is 2.14. The van der Waals surface area contributed by atoms with Crippen molar-refractivity contribution in [1.29, 1.82) is 0 Å². The minimum Gasteiger partial charge on any atom is -0.273 e. The molecule has 0 bridgehead atoms. The van der Waals surface area contributed by atoms with Crippen LogP contribution in [0.3, 0.4) is 0 Å². The number of urea groups is 1. The molecule has 11 heavy (non-hydrogen) atoms. The first-order chi connectivity index (χ1) is 5.20. The summed E-state index contributed by atoms with van der Waals surface area (Å²) >= 11 is 0. The van der Waals surface area contributed by atoms with Crippen LogP contribution in [0.15, 0.2) is 0 Å². The molecule has 0 spiro atoms. The van der Waals surface area contributed by atoms with Crippen LogP contribution in [0.1, 0.15) is 6.92 Å². The van der Waals surface area contributed by atoms with Crippen molar-refractivity contribution < 1.29 is 14.5 Å². The fraction of sp³-hybridized carbons (Fsp3) is 0.833. The van der Waals surface area contributed by atoms with Gasteiger partial charge < -0.3 is 0 Å². The number of hydrogen-bond acceptors (Lipinski definition) is 3. The van der Waals surface area contributed by atoms with Crippen LogP contribution in [0.5, 0.6) is 0 Å². The van der Waals surface area contributed by atoms with Crippen LogP contribution in [0, 0.1) is 0 Å². The number of hydrogen-bond donors (Lipinski definition) is 0. The van der Waals surface area contributed by atoms with Crippen LogP contribution in [-0.4, -0.2) is 43.0 Å². The zero-order valence-electron chi connectivity index (χ0n) is 6.90. The Morgan fingerprint density at radius 2 is 2.09 bits per heavy atom. The topological polar surface area (TPSA) is 42.0 Å². The van der Waals surface area contributed by atoms with Gasteiger partial charge in [0.1, 0.15) is 0 Å². The van der Waals surface area contributed by atoms with Gasteiger partial charge in [-0.25, -0.2) is 4.79 Å². The maximum absolute atomic E-state index is 11.2. The molecule has 0 saturated carbocycles. The number of nitrogens with zero attached hydrogens (tertiary/aromatic N) is 2. The van der Waals surface area contributed by atoms with Crippen molar-refractivity contribution in [3.8, 4) is 0 Å². The highest BCUT2D eigenvalue weighted by molar-refractivity contribution is 5.74. The molecule has 1 rings (SSSR count). The lowest BCUT2D eigenvalue weighted by molar-refractivity contribution is -0.110. The van der Waals surface area contributed by atoms with E-state index in [1.165, 1.54) is 24.3 Å². The molecular formula is C6H12N2O3. The Morgan fingerprint density at radius 3 is 2.36 bits per heavy atom. The second-order valence-corrected chi connectivity index (χ2v) is 2.38. The monoisotopic (exact) mass is 160 g/mol. The number of hydroxylamine groups is 4. The van der Waals surface area contributed by atoms with Crippen molar-refractivity contribution in [3.05, 3.63) is 0 Å². The molecule has 1 atom stereocenters. The SMILES string of the molecule is CON1CC(C)N(OC)C1=O. The van der Waals surface area contributed by atoms with E-state index in [0.29, 0.717) is 6.54 Å². The molecule has 0 aromatic rings. The van der Waals surface area contributed by atoms with Crippen LogP contribution in [0.2, 0.25) is 0 Å². The van der Waals surface area contributed by atoms with Crippen LogP contribution < -0.4 is 0 Å². The van der Waals surface area contributed by atoms with Crippen molar-refractivity contribution in [2.24, 2.45) is 0 Å². The Kier molecular flexibility index (Phi) is 2.31. The van der Waals surface area contributed by atoms with Gasteiger partial charge in [-0.3, -0.25) is 9.68 Å². The van der Waals surface area contributed by atoms with E-state index in [9.17, 15) is 4.79 Å². The van der Waals surface area contributed by atoms with Gasteiger partial charge in [-0.2, -0.15) is 10.1 Å². The smallest absolute Gasteiger partial charge is 0.273 e. The van der Waals surface area contributed by atoms with Gasteiger partial charge >= 0.3 is 6.03 Å². The van der Waals surface area contributed by atoms with Gasteiger partial charge in [0, 0.05) is 0 Å². The number of carbonyl (C=O) groups excluding carboxylic acids is 1. The standard InChI is InChI=1S/C6H12N2O3/c1-5-4-7(10-2)6(9)8(5)11-3/h5H,4H2,1-3H3. The molecule has 0 aliphatic carbocycles. The molecule has 1 aliphatic heterocycles. The minimum atomic E-state index is -0.248. The van der Waals surface area contributed by atoms with Crippen molar-refractivity contribution in [3.63, 3.8) is 0 Å². The first-order valence-corrected chi connectivity index (χ1v) is 3.39. The van der Waals surface area contributed by atoms with E-state index in [2.05, 4.69) is 0 Å². The molecule has 5 nitrogen and oxygen atoms in total. The zero-order chi connectivity index (χ0) is 8.43. The summed E-state index contributed by atoms with van der Waals surface area (Å²) in [6, 6.07) is -0.199. The summed E-state index contributed by atoms with van der Waals surface area (Å²) in [4.78, 5) is 20.8. The molecular weight excluding hydrogens is 148 g/mol. The van der Waals surface area contributed by atoms with E-state index in [-0.39, 0.29) is 12.1 Å². The molecule has 1 unspecified atom stereocenters. The molecule has 2 amide bonds. The van der Waals surface area contributed by atoms with Crippen LogP contribution >= 0.6 is 0 Å². The molecule has 0 N–H and O–H groups in total. The Bertz CT molecular complexity index is 162. The average molecular weight is 160 g/mol. The summed E-state index contributed by atoms with van der Waals surface area (Å²) in [5.74, 6) is 0. The maximum Gasteiger partial charge on any atom is 0.368 e. The third kappa shape index (κ3) is 1.29. The third-order valence-corrected chi connectivity index (χ3v) is 1.65. The highest BCUT2D eigenvalue weighted by Gasteiger charge is 2.35.